The molecule has 0 spiro atoms. The maximum Gasteiger partial charge on any atom is 0.260 e. The van der Waals surface area contributed by atoms with Crippen LogP contribution in [0.2, 0.25) is 0 Å². The summed E-state index contributed by atoms with van der Waals surface area (Å²) in [7, 11) is 1.58. The quantitative estimate of drug-likeness (QED) is 0.668. The molecule has 1 N–H and O–H groups in total. The van der Waals surface area contributed by atoms with Crippen LogP contribution < -0.4 is 10.1 Å². The Morgan fingerprint density at radius 1 is 0.917 bits per heavy atom. The van der Waals surface area contributed by atoms with Gasteiger partial charge in [0.1, 0.15) is 11.5 Å². The van der Waals surface area contributed by atoms with Crippen LogP contribution >= 0.6 is 12.2 Å². The Morgan fingerprint density at radius 3 is 1.92 bits per heavy atom. The first kappa shape index (κ1) is 18.3. The number of nitrogens with one attached hydrogen (secondary N) is 1. The van der Waals surface area contributed by atoms with Gasteiger partial charge in [0.25, 0.3) is 5.17 Å². The summed E-state index contributed by atoms with van der Waals surface area (Å²) in [4.78, 5) is 0. The molecule has 0 aliphatic carbocycles. The second-order valence-corrected chi connectivity index (χ2v) is 6.69. The van der Waals surface area contributed by atoms with Crippen LogP contribution in [-0.2, 0) is 4.74 Å². The van der Waals surface area contributed by atoms with E-state index in [0.29, 0.717) is 17.0 Å². The van der Waals surface area contributed by atoms with E-state index < -0.39 is 0 Å². The van der Waals surface area contributed by atoms with Gasteiger partial charge in [-0.25, -0.2) is 0 Å². The van der Waals surface area contributed by atoms with Crippen molar-refractivity contribution >= 4 is 23.1 Å². The van der Waals surface area contributed by atoms with Gasteiger partial charge in [-0.05, 0) is 59.4 Å². The topological polar surface area (TPSA) is 30.5 Å². The van der Waals surface area contributed by atoms with Crippen LogP contribution in [0.5, 0.6) is 11.5 Å². The van der Waals surface area contributed by atoms with E-state index >= 15 is 0 Å². The van der Waals surface area contributed by atoms with Crippen molar-refractivity contribution in [2.45, 2.75) is 39.5 Å². The second-order valence-electron chi connectivity index (χ2n) is 6.32. The third-order valence-corrected chi connectivity index (χ3v) is 4.08. The highest BCUT2D eigenvalue weighted by atomic mass is 32.1. The summed E-state index contributed by atoms with van der Waals surface area (Å²) < 4.78 is 11.2. The highest BCUT2D eigenvalue weighted by Crippen LogP contribution is 2.37. The summed E-state index contributed by atoms with van der Waals surface area (Å²) in [5.41, 5.74) is 3.34. The lowest BCUT2D eigenvalue weighted by atomic mass is 9.92. The van der Waals surface area contributed by atoms with Crippen molar-refractivity contribution in [3.05, 3.63) is 53.6 Å². The maximum atomic E-state index is 6.05. The van der Waals surface area contributed by atoms with Gasteiger partial charge in [-0.3, -0.25) is 0 Å². The first-order valence-corrected chi connectivity index (χ1v) is 8.59. The fraction of sp³-hybridized carbons (Fsp3) is 0.350. The smallest absolute Gasteiger partial charge is 0.260 e. The fourth-order valence-electron chi connectivity index (χ4n) is 2.55. The Morgan fingerprint density at radius 2 is 1.46 bits per heavy atom. The van der Waals surface area contributed by atoms with Gasteiger partial charge in [0.05, 0.1) is 7.11 Å². The minimum absolute atomic E-state index is 0.323. The van der Waals surface area contributed by atoms with Gasteiger partial charge in [0.2, 0.25) is 0 Å². The lowest BCUT2D eigenvalue weighted by Gasteiger charge is -2.22. The number of benzene rings is 2. The minimum Gasteiger partial charge on any atom is -0.474 e. The van der Waals surface area contributed by atoms with Crippen LogP contribution in [-0.4, -0.2) is 12.3 Å². The Labute approximate surface area is 150 Å². The Hall–Kier alpha value is -2.07. The molecule has 2 aromatic carbocycles. The molecule has 0 aliphatic heterocycles. The first-order valence-electron chi connectivity index (χ1n) is 8.18. The number of para-hydroxylation sites is 1. The minimum atomic E-state index is 0.323. The van der Waals surface area contributed by atoms with Crippen molar-refractivity contribution in [2.24, 2.45) is 0 Å². The standard InChI is InChI=1S/C20H25NO2S/c1-13(2)17-11-16(23-15-9-7-6-8-10-15)12-18(14(3)4)19(17)21-20(24)22-5/h6-14H,1-5H3,(H,21,24). The zero-order chi connectivity index (χ0) is 17.7. The molecule has 0 heterocycles. The van der Waals surface area contributed by atoms with E-state index in [1.165, 1.54) is 0 Å². The van der Waals surface area contributed by atoms with Crippen LogP contribution in [0.4, 0.5) is 5.69 Å². The summed E-state index contributed by atoms with van der Waals surface area (Å²) in [6, 6.07) is 14.0. The summed E-state index contributed by atoms with van der Waals surface area (Å²) in [5.74, 6) is 2.31. The molecule has 0 unspecified atom stereocenters. The molecule has 0 atom stereocenters. The van der Waals surface area contributed by atoms with Gasteiger partial charge in [-0.2, -0.15) is 0 Å². The summed E-state index contributed by atoms with van der Waals surface area (Å²) in [6.07, 6.45) is 0. The predicted molar refractivity (Wildman–Crippen MR) is 104 cm³/mol. The van der Waals surface area contributed by atoms with Gasteiger partial charge in [-0.1, -0.05) is 45.9 Å². The third kappa shape index (κ3) is 4.48. The molecule has 0 radical (unpaired) electrons. The van der Waals surface area contributed by atoms with Gasteiger partial charge >= 0.3 is 0 Å². The molecule has 4 heteroatoms. The molecule has 0 aromatic heterocycles. The SMILES string of the molecule is COC(=S)Nc1c(C(C)C)cc(Oc2ccccc2)cc1C(C)C. The zero-order valence-electron chi connectivity index (χ0n) is 14.9. The van der Waals surface area contributed by atoms with E-state index in [4.69, 9.17) is 21.7 Å². The molecule has 0 bridgehead atoms. The highest BCUT2D eigenvalue weighted by molar-refractivity contribution is 7.80. The van der Waals surface area contributed by atoms with Crippen LogP contribution in [0.1, 0.15) is 50.7 Å². The number of anilines is 1. The summed E-state index contributed by atoms with van der Waals surface area (Å²) >= 11 is 5.20. The summed E-state index contributed by atoms with van der Waals surface area (Å²) in [6.45, 7) is 8.64. The molecule has 0 fully saturated rings. The number of ether oxygens (including phenoxy) is 2. The molecular formula is C20H25NO2S. The van der Waals surface area contributed by atoms with Crippen LogP contribution in [0.25, 0.3) is 0 Å². The molecule has 0 aliphatic rings. The van der Waals surface area contributed by atoms with E-state index in [2.05, 4.69) is 45.1 Å². The van der Waals surface area contributed by atoms with E-state index in [9.17, 15) is 0 Å². The van der Waals surface area contributed by atoms with Crippen molar-refractivity contribution in [3.63, 3.8) is 0 Å². The van der Waals surface area contributed by atoms with Crippen molar-refractivity contribution in [1.29, 1.82) is 0 Å². The fourth-order valence-corrected chi connectivity index (χ4v) is 2.65. The van der Waals surface area contributed by atoms with E-state index in [-0.39, 0.29) is 0 Å². The highest BCUT2D eigenvalue weighted by Gasteiger charge is 2.18. The molecule has 24 heavy (non-hydrogen) atoms. The second kappa shape index (κ2) is 8.15. The van der Waals surface area contributed by atoms with Gasteiger partial charge in [-0.15, -0.1) is 0 Å². The number of methoxy groups -OCH3 is 1. The van der Waals surface area contributed by atoms with Crippen molar-refractivity contribution in [1.82, 2.24) is 0 Å². The molecule has 3 nitrogen and oxygen atoms in total. The molecule has 0 saturated carbocycles. The van der Waals surface area contributed by atoms with Gasteiger partial charge in [0.15, 0.2) is 0 Å². The number of hydrogen-bond donors (Lipinski definition) is 1. The Balaban J connectivity index is 2.49. The third-order valence-electron chi connectivity index (χ3n) is 3.81. The van der Waals surface area contributed by atoms with Crippen LogP contribution in [0.3, 0.4) is 0 Å². The molecule has 0 amide bonds. The lowest BCUT2D eigenvalue weighted by Crippen LogP contribution is -2.15. The van der Waals surface area contributed by atoms with E-state index in [1.54, 1.807) is 7.11 Å². The monoisotopic (exact) mass is 343 g/mol. The normalized spacial score (nSPS) is 10.8. The van der Waals surface area contributed by atoms with E-state index in [1.807, 2.05) is 30.3 Å². The Bertz CT molecular complexity index is 667. The number of rotatable bonds is 5. The van der Waals surface area contributed by atoms with Crippen LogP contribution in [0.15, 0.2) is 42.5 Å². The molecule has 2 rings (SSSR count). The van der Waals surface area contributed by atoms with Crippen LogP contribution in [0, 0.1) is 0 Å². The van der Waals surface area contributed by atoms with Crippen molar-refractivity contribution in [3.8, 4) is 11.5 Å². The largest absolute Gasteiger partial charge is 0.474 e. The lowest BCUT2D eigenvalue weighted by molar-refractivity contribution is 0.413. The van der Waals surface area contributed by atoms with Crippen molar-refractivity contribution in [2.75, 3.05) is 12.4 Å². The Kier molecular flexibility index (Phi) is 6.21. The molecular weight excluding hydrogens is 318 g/mol. The summed E-state index contributed by atoms with van der Waals surface area (Å²) in [5, 5.41) is 3.61. The molecule has 128 valence electrons. The van der Waals surface area contributed by atoms with Gasteiger partial charge < -0.3 is 14.8 Å². The van der Waals surface area contributed by atoms with E-state index in [0.717, 1.165) is 28.3 Å². The maximum absolute atomic E-state index is 6.05. The molecule has 0 saturated heterocycles. The molecule has 2 aromatic rings. The number of hydrogen-bond acceptors (Lipinski definition) is 3. The predicted octanol–water partition coefficient (Wildman–Crippen LogP) is 6.07. The zero-order valence-corrected chi connectivity index (χ0v) is 15.7. The van der Waals surface area contributed by atoms with Crippen molar-refractivity contribution < 1.29 is 9.47 Å². The average Bonchev–Trinajstić information content (AvgIpc) is 2.56. The average molecular weight is 343 g/mol. The van der Waals surface area contributed by atoms with Gasteiger partial charge in [0, 0.05) is 5.69 Å². The number of thiocarbonyl (C=S) groups is 1. The first-order chi connectivity index (χ1) is 11.4.